The fourth-order valence-corrected chi connectivity index (χ4v) is 7.97. The maximum Gasteiger partial charge on any atom is 0.254 e. The minimum absolute atomic E-state index is 0.0867. The second kappa shape index (κ2) is 12.6. The van der Waals surface area contributed by atoms with Crippen LogP contribution in [0.5, 0.6) is 0 Å². The van der Waals surface area contributed by atoms with Gasteiger partial charge in [0.25, 0.3) is 5.91 Å². The van der Waals surface area contributed by atoms with E-state index >= 15 is 0 Å². The molecule has 2 amide bonds. The van der Waals surface area contributed by atoms with Gasteiger partial charge in [0.05, 0.1) is 16.8 Å². The predicted molar refractivity (Wildman–Crippen MR) is 162 cm³/mol. The first-order valence-corrected chi connectivity index (χ1v) is 16.2. The lowest BCUT2D eigenvalue weighted by atomic mass is 9.97. The number of aliphatic hydroxyl groups is 1. The summed E-state index contributed by atoms with van der Waals surface area (Å²) in [5, 5.41) is 14.3. The first-order chi connectivity index (χ1) is 18.9. The first-order valence-electron chi connectivity index (χ1n) is 13.0. The van der Waals surface area contributed by atoms with Gasteiger partial charge >= 0.3 is 0 Å². The average molecular weight is 649 g/mol. The molecule has 8 nitrogen and oxygen atoms in total. The topological polar surface area (TPSA) is 116 Å². The van der Waals surface area contributed by atoms with E-state index in [0.29, 0.717) is 6.54 Å². The van der Waals surface area contributed by atoms with Crippen LogP contribution in [0.3, 0.4) is 0 Å². The highest BCUT2D eigenvalue weighted by molar-refractivity contribution is 9.11. The fraction of sp³-hybridized carbons (Fsp3) is 0.379. The maximum absolute atomic E-state index is 13.8. The van der Waals surface area contributed by atoms with Crippen molar-refractivity contribution in [3.8, 4) is 0 Å². The lowest BCUT2D eigenvalue weighted by Gasteiger charge is -2.33. The molecule has 3 atom stereocenters. The van der Waals surface area contributed by atoms with Crippen LogP contribution < -0.4 is 10.0 Å². The number of aryl methyl sites for hydroxylation is 1. The van der Waals surface area contributed by atoms with Crippen LogP contribution in [0.4, 0.5) is 0 Å². The van der Waals surface area contributed by atoms with Crippen LogP contribution >= 0.6 is 27.7 Å². The summed E-state index contributed by atoms with van der Waals surface area (Å²) in [5.41, 5.74) is 2.77. The van der Waals surface area contributed by atoms with Gasteiger partial charge in [0.1, 0.15) is 12.1 Å². The number of amides is 2. The van der Waals surface area contributed by atoms with Crippen LogP contribution in [-0.4, -0.2) is 59.1 Å². The molecule has 1 aliphatic heterocycles. The average Bonchev–Trinajstić information content (AvgIpc) is 3.50. The lowest BCUT2D eigenvalue weighted by Crippen LogP contribution is -2.58. The summed E-state index contributed by atoms with van der Waals surface area (Å²) in [6.07, 6.45) is 1.72. The molecule has 2 aromatic carbocycles. The van der Waals surface area contributed by atoms with Crippen LogP contribution in [0.15, 0.2) is 76.1 Å². The summed E-state index contributed by atoms with van der Waals surface area (Å²) < 4.78 is 29.1. The van der Waals surface area contributed by atoms with Gasteiger partial charge in [-0.3, -0.25) is 9.59 Å². The number of hydrogen-bond donors (Lipinski definition) is 3. The molecular weight excluding hydrogens is 614 g/mol. The van der Waals surface area contributed by atoms with Crippen molar-refractivity contribution in [2.24, 2.45) is 0 Å². The number of aliphatic hydroxyl groups excluding tert-OH is 1. The molecule has 0 bridgehead atoms. The number of sulfonamides is 1. The molecule has 0 saturated carbocycles. The molecule has 40 heavy (non-hydrogen) atoms. The third kappa shape index (κ3) is 7.06. The van der Waals surface area contributed by atoms with Crippen molar-refractivity contribution in [3.05, 3.63) is 92.8 Å². The Balaban J connectivity index is 1.55. The van der Waals surface area contributed by atoms with E-state index in [1.165, 1.54) is 22.7 Å². The fourth-order valence-electron chi connectivity index (χ4n) is 4.86. The Morgan fingerprint density at radius 1 is 1.12 bits per heavy atom. The molecule has 2 aromatic rings. The van der Waals surface area contributed by atoms with Crippen LogP contribution in [0, 0.1) is 6.92 Å². The molecule has 0 spiro atoms. The van der Waals surface area contributed by atoms with Crippen LogP contribution in [-0.2, 0) is 32.6 Å². The van der Waals surface area contributed by atoms with Gasteiger partial charge in [-0.05, 0) is 50.0 Å². The first kappa shape index (κ1) is 30.5. The normalized spacial score (nSPS) is 20.0. The minimum Gasteiger partial charge on any atom is -0.382 e. The number of carbonyl (C=O) groups is 2. The summed E-state index contributed by atoms with van der Waals surface area (Å²) in [4.78, 5) is 28.7. The Labute approximate surface area is 248 Å². The number of nitrogens with zero attached hydrogens (tertiary/aromatic N) is 1. The van der Waals surface area contributed by atoms with E-state index < -0.39 is 38.9 Å². The molecule has 2 aliphatic rings. The van der Waals surface area contributed by atoms with Crippen molar-refractivity contribution in [2.75, 3.05) is 5.88 Å². The summed E-state index contributed by atoms with van der Waals surface area (Å²) in [5.74, 6) is -0.832. The van der Waals surface area contributed by atoms with Crippen molar-refractivity contribution < 1.29 is 23.1 Å². The van der Waals surface area contributed by atoms with Gasteiger partial charge in [-0.2, -0.15) is 0 Å². The monoisotopic (exact) mass is 647 g/mol. The van der Waals surface area contributed by atoms with E-state index in [-0.39, 0.29) is 29.5 Å². The lowest BCUT2D eigenvalue weighted by molar-refractivity contribution is -0.147. The molecule has 1 fully saturated rings. The number of benzene rings is 2. The van der Waals surface area contributed by atoms with Gasteiger partial charge in [-0.25, -0.2) is 13.1 Å². The van der Waals surface area contributed by atoms with E-state index in [2.05, 4.69) is 26.0 Å². The number of rotatable bonds is 10. The van der Waals surface area contributed by atoms with E-state index in [1.807, 2.05) is 75.4 Å². The zero-order chi connectivity index (χ0) is 29.1. The number of nitrogens with one attached hydrogen (secondary N) is 2. The van der Waals surface area contributed by atoms with E-state index in [4.69, 9.17) is 0 Å². The smallest absolute Gasteiger partial charge is 0.254 e. The second-order valence-electron chi connectivity index (χ2n) is 10.5. The van der Waals surface area contributed by atoms with Crippen molar-refractivity contribution in [2.45, 2.75) is 63.1 Å². The Hall–Kier alpha value is -2.44. The molecule has 3 unspecified atom stereocenters. The van der Waals surface area contributed by atoms with Crippen molar-refractivity contribution >= 4 is 49.5 Å². The van der Waals surface area contributed by atoms with Gasteiger partial charge in [-0.15, -0.1) is 11.8 Å². The number of halogens is 1. The summed E-state index contributed by atoms with van der Waals surface area (Å²) in [7, 11) is -4.00. The molecule has 1 aliphatic carbocycles. The third-order valence-corrected chi connectivity index (χ3v) is 10.7. The Morgan fingerprint density at radius 3 is 2.45 bits per heavy atom. The zero-order valence-electron chi connectivity index (χ0n) is 22.6. The van der Waals surface area contributed by atoms with E-state index in [1.54, 1.807) is 6.08 Å². The highest BCUT2D eigenvalue weighted by Crippen LogP contribution is 2.40. The number of allylic oxidation sites excluding steroid dienone is 4. The molecule has 0 radical (unpaired) electrons. The molecule has 214 valence electrons. The largest absolute Gasteiger partial charge is 0.382 e. The van der Waals surface area contributed by atoms with Gasteiger partial charge in [0.15, 0.2) is 0 Å². The van der Waals surface area contributed by atoms with E-state index in [9.17, 15) is 23.1 Å². The Bertz CT molecular complexity index is 1430. The van der Waals surface area contributed by atoms with E-state index in [0.717, 1.165) is 21.2 Å². The second-order valence-corrected chi connectivity index (χ2v) is 14.9. The SMILES string of the molecule is Cc1ccccc1CNC(=O)C1N(C(=O)C(O)C(Cc2ccccc2)NS(=O)(=O)C2=CC=C(Br)C2)CSC1(C)C. The van der Waals surface area contributed by atoms with Crippen molar-refractivity contribution in [1.82, 2.24) is 14.9 Å². The number of hydrogen-bond acceptors (Lipinski definition) is 6. The van der Waals surface area contributed by atoms with Crippen molar-refractivity contribution in [3.63, 3.8) is 0 Å². The molecule has 0 aromatic heterocycles. The predicted octanol–water partition coefficient (Wildman–Crippen LogP) is 3.75. The molecule has 3 N–H and O–H groups in total. The Morgan fingerprint density at radius 2 is 1.80 bits per heavy atom. The van der Waals surface area contributed by atoms with Gasteiger partial charge in [0, 0.05) is 22.2 Å². The van der Waals surface area contributed by atoms with Gasteiger partial charge in [-0.1, -0.05) is 76.6 Å². The quantitative estimate of drug-likeness (QED) is 0.362. The van der Waals surface area contributed by atoms with Gasteiger partial charge in [0.2, 0.25) is 15.9 Å². The highest BCUT2D eigenvalue weighted by atomic mass is 79.9. The van der Waals surface area contributed by atoms with Gasteiger partial charge < -0.3 is 15.3 Å². The Kier molecular flexibility index (Phi) is 9.62. The summed E-state index contributed by atoms with van der Waals surface area (Å²) in [6, 6.07) is 14.8. The highest BCUT2D eigenvalue weighted by Gasteiger charge is 2.50. The molecule has 1 heterocycles. The standard InChI is InChI=1S/C29H34BrN3O5S2/c1-19-9-7-8-12-21(19)17-31-27(35)26-29(2,3)39-18-33(26)28(36)25(34)24(15-20-10-5-4-6-11-20)32-40(37,38)23-14-13-22(30)16-23/h4-14,24-26,32,34H,15-18H2,1-3H3,(H,31,35). The maximum atomic E-state index is 13.8. The number of carbonyl (C=O) groups excluding carboxylic acids is 2. The van der Waals surface area contributed by atoms with Crippen molar-refractivity contribution in [1.29, 1.82) is 0 Å². The molecule has 4 rings (SSSR count). The summed E-state index contributed by atoms with van der Waals surface area (Å²) in [6.45, 7) is 6.05. The number of thioether (sulfide) groups is 1. The van der Waals surface area contributed by atoms with Crippen LogP contribution in [0.2, 0.25) is 0 Å². The third-order valence-electron chi connectivity index (χ3n) is 7.17. The minimum atomic E-state index is -4.00. The van der Waals surface area contributed by atoms with Crippen LogP contribution in [0.1, 0.15) is 37.0 Å². The molecule has 1 saturated heterocycles. The molecule has 11 heteroatoms. The van der Waals surface area contributed by atoms with Crippen LogP contribution in [0.25, 0.3) is 0 Å². The summed E-state index contributed by atoms with van der Waals surface area (Å²) >= 11 is 4.75. The molecular formula is C29H34BrN3O5S2. The zero-order valence-corrected chi connectivity index (χ0v) is 25.9.